The highest BCUT2D eigenvalue weighted by molar-refractivity contribution is 7.10. The molecule has 1 N–H and O–H groups in total. The van der Waals surface area contributed by atoms with Crippen molar-refractivity contribution in [2.45, 2.75) is 38.7 Å². The van der Waals surface area contributed by atoms with Crippen LogP contribution < -0.4 is 5.32 Å². The summed E-state index contributed by atoms with van der Waals surface area (Å²) in [5.74, 6) is 0.0198. The molecular weight excluding hydrogens is 434 g/mol. The zero-order chi connectivity index (χ0) is 22.9. The fourth-order valence-electron chi connectivity index (χ4n) is 4.76. The summed E-state index contributed by atoms with van der Waals surface area (Å²) in [5.41, 5.74) is 2.88. The van der Waals surface area contributed by atoms with E-state index in [0.29, 0.717) is 23.5 Å². The number of nitrogens with one attached hydrogen (secondary N) is 1. The van der Waals surface area contributed by atoms with Crippen LogP contribution in [0.3, 0.4) is 0 Å². The summed E-state index contributed by atoms with van der Waals surface area (Å²) >= 11 is 1.65. The molecule has 2 aliphatic rings. The molecule has 2 aromatic heterocycles. The van der Waals surface area contributed by atoms with Crippen LogP contribution in [0.15, 0.2) is 87.4 Å². The average molecular weight is 460 g/mol. The molecule has 168 valence electrons. The Morgan fingerprint density at radius 2 is 1.91 bits per heavy atom. The number of carbonyl (C=O) groups excluding carboxylic acids is 2. The maximum Gasteiger partial charge on any atom is 0.336 e. The number of ketones is 1. The van der Waals surface area contributed by atoms with Crippen LogP contribution in [-0.2, 0) is 20.9 Å². The maximum absolute atomic E-state index is 13.5. The van der Waals surface area contributed by atoms with Gasteiger partial charge in [0, 0.05) is 28.6 Å². The Hall–Kier alpha value is -3.38. The van der Waals surface area contributed by atoms with E-state index in [-0.39, 0.29) is 18.3 Å². The molecule has 3 unspecified atom stereocenters. The van der Waals surface area contributed by atoms with Crippen LogP contribution in [0.25, 0.3) is 0 Å². The Morgan fingerprint density at radius 3 is 2.61 bits per heavy atom. The number of furan rings is 1. The SMILES string of the molecule is CC1=C(C(=O)OCc2ccccc2)C(c2ccc(C)o2)C2C(=O)CC(c3cccs3)C=C2N1. The highest BCUT2D eigenvalue weighted by Gasteiger charge is 2.46. The average Bonchev–Trinajstić information content (AvgIpc) is 3.49. The van der Waals surface area contributed by atoms with Crippen LogP contribution in [0.5, 0.6) is 0 Å². The van der Waals surface area contributed by atoms with E-state index in [0.717, 1.165) is 21.9 Å². The van der Waals surface area contributed by atoms with Gasteiger partial charge in [0.15, 0.2) is 0 Å². The molecule has 6 heteroatoms. The van der Waals surface area contributed by atoms with Gasteiger partial charge in [-0.15, -0.1) is 11.3 Å². The van der Waals surface area contributed by atoms with Gasteiger partial charge in [0.2, 0.25) is 0 Å². The normalized spacial score (nSPS) is 22.4. The van der Waals surface area contributed by atoms with E-state index >= 15 is 0 Å². The number of hydrogen-bond acceptors (Lipinski definition) is 6. The minimum atomic E-state index is -0.522. The van der Waals surface area contributed by atoms with Crippen LogP contribution in [-0.4, -0.2) is 11.8 Å². The second-order valence-electron chi connectivity index (χ2n) is 8.54. The molecule has 33 heavy (non-hydrogen) atoms. The number of ether oxygens (including phenoxy) is 1. The van der Waals surface area contributed by atoms with Gasteiger partial charge in [0.1, 0.15) is 23.9 Å². The summed E-state index contributed by atoms with van der Waals surface area (Å²) in [6, 6.07) is 17.4. The first-order chi connectivity index (χ1) is 16.0. The topological polar surface area (TPSA) is 68.5 Å². The molecule has 1 aliphatic carbocycles. The highest BCUT2D eigenvalue weighted by atomic mass is 32.1. The summed E-state index contributed by atoms with van der Waals surface area (Å²) in [6.45, 7) is 3.89. The lowest BCUT2D eigenvalue weighted by molar-refractivity contribution is -0.141. The van der Waals surface area contributed by atoms with Gasteiger partial charge in [-0.1, -0.05) is 42.5 Å². The lowest BCUT2D eigenvalue weighted by Gasteiger charge is -2.38. The van der Waals surface area contributed by atoms with Crippen LogP contribution >= 0.6 is 11.3 Å². The lowest BCUT2D eigenvalue weighted by Crippen LogP contribution is -2.41. The molecule has 0 spiro atoms. The first-order valence-corrected chi connectivity index (χ1v) is 11.9. The summed E-state index contributed by atoms with van der Waals surface area (Å²) in [5, 5.41) is 5.39. The molecule has 5 nitrogen and oxygen atoms in total. The van der Waals surface area contributed by atoms with Crippen molar-refractivity contribution in [2.24, 2.45) is 5.92 Å². The van der Waals surface area contributed by atoms with E-state index in [1.165, 1.54) is 0 Å². The fourth-order valence-corrected chi connectivity index (χ4v) is 5.56. The van der Waals surface area contributed by atoms with Gasteiger partial charge in [-0.05, 0) is 43.0 Å². The quantitative estimate of drug-likeness (QED) is 0.502. The van der Waals surface area contributed by atoms with E-state index in [2.05, 4.69) is 17.5 Å². The second kappa shape index (κ2) is 8.87. The Balaban J connectivity index is 1.52. The lowest BCUT2D eigenvalue weighted by atomic mass is 9.71. The molecule has 3 heterocycles. The van der Waals surface area contributed by atoms with Crippen molar-refractivity contribution in [3.05, 3.63) is 105 Å². The van der Waals surface area contributed by atoms with Gasteiger partial charge < -0.3 is 14.5 Å². The minimum Gasteiger partial charge on any atom is -0.466 e. The Kier molecular flexibility index (Phi) is 5.77. The molecule has 1 aliphatic heterocycles. The first-order valence-electron chi connectivity index (χ1n) is 11.0. The van der Waals surface area contributed by atoms with Crippen molar-refractivity contribution in [3.8, 4) is 0 Å². The summed E-state index contributed by atoms with van der Waals surface area (Å²) in [6.07, 6.45) is 2.54. The van der Waals surface area contributed by atoms with Crippen molar-refractivity contribution in [2.75, 3.05) is 0 Å². The van der Waals surface area contributed by atoms with Crippen molar-refractivity contribution in [1.82, 2.24) is 5.32 Å². The molecule has 5 rings (SSSR count). The van der Waals surface area contributed by atoms with Gasteiger partial charge in [-0.2, -0.15) is 0 Å². The number of thiophene rings is 1. The summed E-state index contributed by atoms with van der Waals surface area (Å²) < 4.78 is 11.6. The smallest absolute Gasteiger partial charge is 0.336 e. The number of aryl methyl sites for hydroxylation is 1. The zero-order valence-electron chi connectivity index (χ0n) is 18.5. The molecule has 0 amide bonds. The number of allylic oxidation sites excluding steroid dienone is 3. The van der Waals surface area contributed by atoms with Crippen LogP contribution in [0.1, 0.15) is 47.1 Å². The Labute approximate surface area is 196 Å². The number of hydrogen-bond donors (Lipinski definition) is 1. The molecule has 1 aromatic carbocycles. The summed E-state index contributed by atoms with van der Waals surface area (Å²) in [4.78, 5) is 28.0. The molecule has 0 fully saturated rings. The van der Waals surface area contributed by atoms with Crippen molar-refractivity contribution in [3.63, 3.8) is 0 Å². The standard InChI is InChI=1S/C27H25NO4S/c1-16-10-11-22(32-16)26-24(27(30)31-15-18-7-4-3-5-8-18)17(2)28-20-13-19(14-21(29)25(20)26)23-9-6-12-33-23/h3-13,19,25-26,28H,14-15H2,1-2H3. The number of carbonyl (C=O) groups is 2. The number of esters is 1. The van der Waals surface area contributed by atoms with Crippen LogP contribution in [0, 0.1) is 12.8 Å². The largest absolute Gasteiger partial charge is 0.466 e. The Morgan fingerprint density at radius 1 is 1.09 bits per heavy atom. The predicted octanol–water partition coefficient (Wildman–Crippen LogP) is 5.61. The third kappa shape index (κ3) is 4.18. The third-order valence-electron chi connectivity index (χ3n) is 6.27. The van der Waals surface area contributed by atoms with Crippen molar-refractivity contribution >= 4 is 23.1 Å². The zero-order valence-corrected chi connectivity index (χ0v) is 19.4. The van der Waals surface area contributed by atoms with E-state index in [1.807, 2.05) is 67.8 Å². The van der Waals surface area contributed by atoms with E-state index in [1.54, 1.807) is 11.3 Å². The van der Waals surface area contributed by atoms with E-state index in [4.69, 9.17) is 9.15 Å². The fraction of sp³-hybridized carbons (Fsp3) is 0.259. The van der Waals surface area contributed by atoms with Crippen LogP contribution in [0.2, 0.25) is 0 Å². The highest BCUT2D eigenvalue weighted by Crippen LogP contribution is 2.47. The first kappa shape index (κ1) is 21.5. The van der Waals surface area contributed by atoms with Gasteiger partial charge in [0.05, 0.1) is 17.4 Å². The molecule has 0 saturated carbocycles. The molecular formula is C27H25NO4S. The molecule has 0 radical (unpaired) electrons. The molecule has 3 aromatic rings. The maximum atomic E-state index is 13.5. The molecule has 3 atom stereocenters. The van der Waals surface area contributed by atoms with E-state index in [9.17, 15) is 9.59 Å². The number of benzene rings is 1. The third-order valence-corrected chi connectivity index (χ3v) is 7.28. The van der Waals surface area contributed by atoms with E-state index < -0.39 is 17.8 Å². The second-order valence-corrected chi connectivity index (χ2v) is 9.52. The van der Waals surface area contributed by atoms with Gasteiger partial charge in [0.25, 0.3) is 0 Å². The van der Waals surface area contributed by atoms with Gasteiger partial charge >= 0.3 is 5.97 Å². The number of Topliss-reactive ketones (excluding diaryl/α,β-unsaturated/α-hetero) is 1. The summed E-state index contributed by atoms with van der Waals surface area (Å²) in [7, 11) is 0. The Bertz CT molecular complexity index is 1240. The molecule has 0 bridgehead atoms. The van der Waals surface area contributed by atoms with Crippen LogP contribution in [0.4, 0.5) is 0 Å². The monoisotopic (exact) mass is 459 g/mol. The number of fused-ring (bicyclic) bond motifs is 1. The van der Waals surface area contributed by atoms with Crippen molar-refractivity contribution < 1.29 is 18.7 Å². The molecule has 0 saturated heterocycles. The predicted molar refractivity (Wildman–Crippen MR) is 127 cm³/mol. The van der Waals surface area contributed by atoms with Gasteiger partial charge in [-0.3, -0.25) is 4.79 Å². The van der Waals surface area contributed by atoms with Crippen molar-refractivity contribution in [1.29, 1.82) is 0 Å². The number of rotatable bonds is 5. The van der Waals surface area contributed by atoms with Gasteiger partial charge in [-0.25, -0.2) is 4.79 Å². The minimum absolute atomic E-state index is 0.0367.